The van der Waals surface area contributed by atoms with Crippen LogP contribution in [0.2, 0.25) is 18.1 Å². The van der Waals surface area contributed by atoms with E-state index in [-0.39, 0.29) is 47.8 Å². The maximum atomic E-state index is 13.1. The molecule has 2 heterocycles. The van der Waals surface area contributed by atoms with Gasteiger partial charge in [0.2, 0.25) is 0 Å². The average Bonchev–Trinajstić information content (AvgIpc) is 3.42. The fourth-order valence-corrected chi connectivity index (χ4v) is 7.30. The predicted molar refractivity (Wildman–Crippen MR) is 165 cm³/mol. The lowest BCUT2D eigenvalue weighted by molar-refractivity contribution is -0.144. The fourth-order valence-electron chi connectivity index (χ4n) is 5.93. The molecule has 0 radical (unpaired) electrons. The molecule has 1 N–H and O–H groups in total. The number of ether oxygens (including phenoxy) is 2. The molecule has 8 nitrogen and oxygen atoms in total. The Balaban J connectivity index is 1.36. The van der Waals surface area contributed by atoms with Crippen LogP contribution in [-0.2, 0) is 25.2 Å². The lowest BCUT2D eigenvalue weighted by atomic mass is 9.95. The Morgan fingerprint density at radius 2 is 1.60 bits per heavy atom. The zero-order chi connectivity index (χ0) is 30.4. The van der Waals surface area contributed by atoms with Crippen LogP contribution < -0.4 is 11.2 Å². The third-order valence-electron chi connectivity index (χ3n) is 9.38. The van der Waals surface area contributed by atoms with Crippen molar-refractivity contribution in [3.05, 3.63) is 92.3 Å². The van der Waals surface area contributed by atoms with Crippen molar-refractivity contribution in [3.8, 4) is 11.1 Å². The molecule has 1 fully saturated rings. The molecule has 0 bridgehead atoms. The largest absolute Gasteiger partial charge is 0.463 e. The highest BCUT2D eigenvalue weighted by molar-refractivity contribution is 6.74. The van der Waals surface area contributed by atoms with Crippen molar-refractivity contribution in [1.82, 2.24) is 9.55 Å². The number of esters is 1. The zero-order valence-corrected chi connectivity index (χ0v) is 26.6. The van der Waals surface area contributed by atoms with Gasteiger partial charge in [0.15, 0.2) is 8.32 Å². The molecule has 0 amide bonds. The first kappa shape index (κ1) is 30.2. The van der Waals surface area contributed by atoms with E-state index in [0.717, 1.165) is 28.7 Å². The third-order valence-corrected chi connectivity index (χ3v) is 13.9. The van der Waals surface area contributed by atoms with Crippen LogP contribution in [0.15, 0.2) is 64.3 Å². The highest BCUT2D eigenvalue weighted by Gasteiger charge is 2.49. The normalized spacial score (nSPS) is 22.2. The minimum atomic E-state index is -2.21. The van der Waals surface area contributed by atoms with E-state index in [0.29, 0.717) is 0 Å². The van der Waals surface area contributed by atoms with Gasteiger partial charge in [-0.25, -0.2) is 4.79 Å². The van der Waals surface area contributed by atoms with Gasteiger partial charge < -0.3 is 13.9 Å². The quantitative estimate of drug-likeness (QED) is 0.264. The number of rotatable bonds is 8. The summed E-state index contributed by atoms with van der Waals surface area (Å²) in [6.07, 6.45) is 1.12. The molecule has 3 aromatic rings. The minimum Gasteiger partial charge on any atom is -0.463 e. The van der Waals surface area contributed by atoms with Crippen molar-refractivity contribution >= 4 is 14.3 Å². The van der Waals surface area contributed by atoms with Gasteiger partial charge in [-0.15, -0.1) is 0 Å². The molecule has 42 heavy (non-hydrogen) atoms. The molecule has 5 rings (SSSR count). The summed E-state index contributed by atoms with van der Waals surface area (Å²) in [4.78, 5) is 41.3. The predicted octanol–water partition coefficient (Wildman–Crippen LogP) is 5.77. The Kier molecular flexibility index (Phi) is 8.22. The van der Waals surface area contributed by atoms with E-state index in [1.54, 1.807) is 0 Å². The van der Waals surface area contributed by atoms with Gasteiger partial charge in [0, 0.05) is 18.0 Å². The molecule has 2 aromatic carbocycles. The van der Waals surface area contributed by atoms with Crippen molar-refractivity contribution < 1.29 is 18.7 Å². The summed E-state index contributed by atoms with van der Waals surface area (Å²) in [5.74, 6) is -0.592. The molecule has 4 atom stereocenters. The first-order chi connectivity index (χ1) is 19.8. The van der Waals surface area contributed by atoms with Crippen LogP contribution in [0.4, 0.5) is 0 Å². The van der Waals surface area contributed by atoms with E-state index in [2.05, 4.69) is 77.0 Å². The molecule has 1 saturated heterocycles. The zero-order valence-electron chi connectivity index (χ0n) is 25.6. The molecule has 1 unspecified atom stereocenters. The summed E-state index contributed by atoms with van der Waals surface area (Å²) in [5, 5.41) is -0.0309. The second-order valence-corrected chi connectivity index (χ2v) is 17.8. The van der Waals surface area contributed by atoms with E-state index < -0.39 is 31.6 Å². The molecule has 0 saturated carbocycles. The standard InChI is InChI=1S/C33H42N2O6Si/c1-8-27-20(2)29(41-42(6,7)33(3,4)5)30(40-27)25-17-35(32(38)34-31(25)37)18-28(36)39-19-26-23-15-11-9-13-21(23)22-14-10-12-16-24(22)26/h9-17,20,26-27,29-30H,8,18-19H2,1-7H3,(H,34,37,38)/t20-,27+,29?,30-/m0/s1. The number of hydrogen-bond donors (Lipinski definition) is 1. The Morgan fingerprint density at radius 1 is 1.00 bits per heavy atom. The monoisotopic (exact) mass is 590 g/mol. The van der Waals surface area contributed by atoms with Gasteiger partial charge in [0.05, 0.1) is 17.8 Å². The van der Waals surface area contributed by atoms with Gasteiger partial charge in [-0.2, -0.15) is 0 Å². The molecule has 224 valence electrons. The number of carbonyl (C=O) groups excluding carboxylic acids is 1. The summed E-state index contributed by atoms with van der Waals surface area (Å²) < 4.78 is 20.1. The van der Waals surface area contributed by atoms with Gasteiger partial charge in [-0.1, -0.05) is 83.1 Å². The topological polar surface area (TPSA) is 99.6 Å². The van der Waals surface area contributed by atoms with Crippen LogP contribution in [0, 0.1) is 5.92 Å². The summed E-state index contributed by atoms with van der Waals surface area (Å²) in [5.41, 5.74) is 3.59. The second kappa shape index (κ2) is 11.4. The molecule has 1 aromatic heterocycles. The second-order valence-electron chi connectivity index (χ2n) is 13.1. The Hall–Kier alpha value is -3.27. The Labute approximate surface area is 248 Å². The van der Waals surface area contributed by atoms with Crippen LogP contribution in [0.1, 0.15) is 69.8 Å². The van der Waals surface area contributed by atoms with Gasteiger partial charge in [0.1, 0.15) is 19.3 Å². The van der Waals surface area contributed by atoms with Crippen LogP contribution in [-0.4, -0.2) is 42.7 Å². The van der Waals surface area contributed by atoms with Crippen LogP contribution in [0.5, 0.6) is 0 Å². The Bertz CT molecular complexity index is 1540. The number of carbonyl (C=O) groups is 1. The van der Waals surface area contributed by atoms with Crippen molar-refractivity contribution in [1.29, 1.82) is 0 Å². The lowest BCUT2D eigenvalue weighted by Gasteiger charge is -2.40. The number of fused-ring (bicyclic) bond motifs is 3. The van der Waals surface area contributed by atoms with Gasteiger partial charge in [-0.05, 0) is 46.8 Å². The highest BCUT2D eigenvalue weighted by atomic mass is 28.4. The number of nitrogens with zero attached hydrogens (tertiary/aromatic N) is 1. The molecular formula is C33H42N2O6Si. The van der Waals surface area contributed by atoms with Gasteiger partial charge in [-0.3, -0.25) is 19.1 Å². The summed E-state index contributed by atoms with van der Waals surface area (Å²) >= 11 is 0. The molecule has 1 aliphatic carbocycles. The molecule has 0 spiro atoms. The molecule has 9 heteroatoms. The number of aromatic amines is 1. The fraction of sp³-hybridized carbons (Fsp3) is 0.485. The number of hydrogen-bond acceptors (Lipinski definition) is 6. The lowest BCUT2D eigenvalue weighted by Crippen LogP contribution is -2.47. The van der Waals surface area contributed by atoms with E-state index in [1.807, 2.05) is 24.3 Å². The minimum absolute atomic E-state index is 0.0309. The maximum Gasteiger partial charge on any atom is 0.328 e. The van der Waals surface area contributed by atoms with Crippen LogP contribution in [0.25, 0.3) is 11.1 Å². The van der Waals surface area contributed by atoms with Crippen LogP contribution >= 0.6 is 0 Å². The number of H-pyrrole nitrogens is 1. The number of nitrogens with one attached hydrogen (secondary N) is 1. The van der Waals surface area contributed by atoms with Crippen molar-refractivity contribution in [2.75, 3.05) is 6.61 Å². The van der Waals surface area contributed by atoms with Crippen molar-refractivity contribution in [2.24, 2.45) is 5.92 Å². The van der Waals surface area contributed by atoms with Crippen molar-refractivity contribution in [3.63, 3.8) is 0 Å². The van der Waals surface area contributed by atoms with E-state index in [4.69, 9.17) is 13.9 Å². The highest BCUT2D eigenvalue weighted by Crippen LogP contribution is 2.46. The summed E-state index contributed by atoms with van der Waals surface area (Å²) in [6.45, 7) is 14.8. The summed E-state index contributed by atoms with van der Waals surface area (Å²) in [7, 11) is -2.21. The third kappa shape index (κ3) is 5.57. The average molecular weight is 591 g/mol. The first-order valence-electron chi connectivity index (χ1n) is 14.8. The Morgan fingerprint density at radius 3 is 2.17 bits per heavy atom. The number of aromatic nitrogens is 2. The summed E-state index contributed by atoms with van der Waals surface area (Å²) in [6, 6.07) is 16.2. The number of benzene rings is 2. The molecule has 1 aliphatic heterocycles. The van der Waals surface area contributed by atoms with Crippen LogP contribution in [0.3, 0.4) is 0 Å². The van der Waals surface area contributed by atoms with E-state index >= 15 is 0 Å². The van der Waals surface area contributed by atoms with Gasteiger partial charge in [0.25, 0.3) is 5.56 Å². The molecule has 2 aliphatic rings. The van der Waals surface area contributed by atoms with E-state index in [1.165, 1.54) is 10.8 Å². The molecular weight excluding hydrogens is 548 g/mol. The first-order valence-corrected chi connectivity index (χ1v) is 17.7. The van der Waals surface area contributed by atoms with Gasteiger partial charge >= 0.3 is 11.7 Å². The maximum absolute atomic E-state index is 13.1. The van der Waals surface area contributed by atoms with E-state index in [9.17, 15) is 14.4 Å². The smallest absolute Gasteiger partial charge is 0.328 e. The van der Waals surface area contributed by atoms with Crippen molar-refractivity contribution in [2.45, 2.75) is 89.9 Å². The SMILES string of the molecule is CC[C@H]1O[C@@H](c2cn(CC(=O)OCC3c4ccccc4-c4ccccc43)c(=O)[nH]c2=O)C(O[Si](C)(C)C(C)(C)C)[C@H]1C.